The Bertz CT molecular complexity index is 1360. The van der Waals surface area contributed by atoms with E-state index < -0.39 is 111 Å². The average molecular weight is 606 g/mol. The molecule has 15 heteroatoms. The minimum atomic E-state index is -5.22. The number of alkyl halides is 8. The van der Waals surface area contributed by atoms with Crippen LogP contribution < -0.4 is 9.64 Å². The highest BCUT2D eigenvalue weighted by atomic mass is 32.2. The molecule has 0 bridgehead atoms. The summed E-state index contributed by atoms with van der Waals surface area (Å²) in [5, 5.41) is 9.35. The van der Waals surface area contributed by atoms with Gasteiger partial charge in [0.1, 0.15) is 18.2 Å². The van der Waals surface area contributed by atoms with Crippen LogP contribution in [0.4, 0.5) is 50.9 Å². The van der Waals surface area contributed by atoms with Gasteiger partial charge in [0.15, 0.2) is 0 Å². The van der Waals surface area contributed by atoms with Crippen molar-refractivity contribution in [3.63, 3.8) is 0 Å². The molecule has 2 aromatic carbocycles. The number of fused-ring (bicyclic) bond motifs is 1. The predicted molar refractivity (Wildman–Crippen MR) is 125 cm³/mol. The first kappa shape index (κ1) is 30.3. The lowest BCUT2D eigenvalue weighted by Gasteiger charge is -2.29. The molecule has 5 nitrogen and oxygen atoms in total. The fraction of sp³-hybridized carbons (Fsp3) is 0.520. The van der Waals surface area contributed by atoms with E-state index in [1.54, 1.807) is 0 Å². The molecule has 0 amide bonds. The number of nitrogens with zero attached hydrogens (tertiary/aromatic N) is 1. The number of hydrogen-bond donors (Lipinski definition) is 1. The van der Waals surface area contributed by atoms with E-state index in [9.17, 15) is 48.6 Å². The number of aliphatic hydroxyl groups excluding tert-OH is 1. The summed E-state index contributed by atoms with van der Waals surface area (Å²) in [6, 6.07) is 4.72. The smallest absolute Gasteiger partial charge is 0.420 e. The lowest BCUT2D eigenvalue weighted by molar-refractivity contribution is -0.139. The zero-order chi connectivity index (χ0) is 29.9. The second-order valence-corrected chi connectivity index (χ2v) is 12.3. The Hall–Kier alpha value is -2.68. The molecule has 1 unspecified atom stereocenters. The standard InChI is InChI=1S/C25H24F9NO4S/c1-22(28,29)7-6-14-10-35(16-4-2-15(26)3-5-16)18-8-17(25(32,33)34)19(9-20(18)40(37,38)21(14)27)39-13-23(12-36)11-24(23,30)31/h2-5,8-9,14,21,36H,6-7,10-13H2,1H3/t14-,21+,23?/m1/s1. The summed E-state index contributed by atoms with van der Waals surface area (Å²) in [6.07, 6.45) is -7.69. The van der Waals surface area contributed by atoms with Crippen LogP contribution in [0, 0.1) is 17.2 Å². The molecule has 2 aromatic rings. The lowest BCUT2D eigenvalue weighted by Crippen LogP contribution is -2.32. The van der Waals surface area contributed by atoms with Gasteiger partial charge in [-0.25, -0.2) is 34.8 Å². The third-order valence-corrected chi connectivity index (χ3v) is 9.08. The number of ether oxygens (including phenoxy) is 1. The topological polar surface area (TPSA) is 66.8 Å². The summed E-state index contributed by atoms with van der Waals surface area (Å²) in [6.45, 7) is -2.35. The molecule has 1 saturated carbocycles. The summed E-state index contributed by atoms with van der Waals surface area (Å²) in [4.78, 5) is -0.0492. The number of benzene rings is 2. The largest absolute Gasteiger partial charge is 0.492 e. The Morgan fingerprint density at radius 2 is 1.70 bits per heavy atom. The van der Waals surface area contributed by atoms with Crippen LogP contribution in [0.5, 0.6) is 5.75 Å². The molecule has 1 aliphatic heterocycles. The maximum atomic E-state index is 15.6. The number of aliphatic hydroxyl groups is 1. The minimum absolute atomic E-state index is 0.0566. The molecule has 4 rings (SSSR count). The molecule has 3 atom stereocenters. The first-order valence-corrected chi connectivity index (χ1v) is 13.5. The highest BCUT2D eigenvalue weighted by molar-refractivity contribution is 7.92. The van der Waals surface area contributed by atoms with E-state index in [1.165, 1.54) is 0 Å². The van der Waals surface area contributed by atoms with Crippen molar-refractivity contribution < 1.29 is 57.8 Å². The summed E-state index contributed by atoms with van der Waals surface area (Å²) in [5.74, 6) is -10.3. The van der Waals surface area contributed by atoms with Crippen molar-refractivity contribution >= 4 is 21.2 Å². The van der Waals surface area contributed by atoms with Crippen molar-refractivity contribution in [3.05, 3.63) is 47.8 Å². The number of sulfone groups is 1. The summed E-state index contributed by atoms with van der Waals surface area (Å²) < 4.78 is 158. The Kier molecular flexibility index (Phi) is 7.57. The van der Waals surface area contributed by atoms with Crippen molar-refractivity contribution in [2.75, 3.05) is 24.7 Å². The van der Waals surface area contributed by atoms with Crippen molar-refractivity contribution in [2.45, 2.75) is 54.6 Å². The first-order valence-electron chi connectivity index (χ1n) is 12.0. The maximum absolute atomic E-state index is 15.6. The molecular formula is C25H24F9NO4S. The molecule has 222 valence electrons. The number of halogens is 9. The molecule has 1 fully saturated rings. The van der Waals surface area contributed by atoms with Crippen molar-refractivity contribution in [1.82, 2.24) is 0 Å². The number of anilines is 2. The van der Waals surface area contributed by atoms with Gasteiger partial charge < -0.3 is 14.7 Å². The molecule has 0 spiro atoms. The number of hydrogen-bond acceptors (Lipinski definition) is 5. The molecular weight excluding hydrogens is 581 g/mol. The van der Waals surface area contributed by atoms with Crippen LogP contribution >= 0.6 is 0 Å². The Morgan fingerprint density at radius 3 is 2.20 bits per heavy atom. The Morgan fingerprint density at radius 1 is 1.10 bits per heavy atom. The second-order valence-electron chi connectivity index (χ2n) is 10.3. The normalized spacial score (nSPS) is 25.7. The van der Waals surface area contributed by atoms with Crippen LogP contribution in [0.3, 0.4) is 0 Å². The van der Waals surface area contributed by atoms with Gasteiger partial charge in [0.25, 0.3) is 5.92 Å². The monoisotopic (exact) mass is 605 g/mol. The maximum Gasteiger partial charge on any atom is 0.420 e. The summed E-state index contributed by atoms with van der Waals surface area (Å²) in [7, 11) is -5.15. The highest BCUT2D eigenvalue weighted by Crippen LogP contribution is 2.60. The van der Waals surface area contributed by atoms with Gasteiger partial charge in [0, 0.05) is 37.1 Å². The van der Waals surface area contributed by atoms with Crippen molar-refractivity contribution in [3.8, 4) is 5.75 Å². The quantitative estimate of drug-likeness (QED) is 0.348. The fourth-order valence-electron chi connectivity index (χ4n) is 4.62. The van der Waals surface area contributed by atoms with Crippen LogP contribution in [0.25, 0.3) is 0 Å². The average Bonchev–Trinajstić information content (AvgIpc) is 3.43. The van der Waals surface area contributed by atoms with Crippen LogP contribution in [0.1, 0.15) is 31.7 Å². The van der Waals surface area contributed by atoms with Gasteiger partial charge in [0.2, 0.25) is 21.3 Å². The molecule has 1 heterocycles. The zero-order valence-electron chi connectivity index (χ0n) is 20.8. The fourth-order valence-corrected chi connectivity index (χ4v) is 6.32. The van der Waals surface area contributed by atoms with Crippen LogP contribution in [-0.4, -0.2) is 50.6 Å². The molecule has 0 saturated heterocycles. The molecule has 0 radical (unpaired) electrons. The van der Waals surface area contributed by atoms with E-state index >= 15 is 4.39 Å². The second kappa shape index (κ2) is 10.00. The third-order valence-electron chi connectivity index (χ3n) is 7.16. The molecule has 1 N–H and O–H groups in total. The van der Waals surface area contributed by atoms with Crippen LogP contribution in [-0.2, 0) is 16.0 Å². The van der Waals surface area contributed by atoms with Crippen LogP contribution in [0.2, 0.25) is 0 Å². The molecule has 2 aliphatic rings. The van der Waals surface area contributed by atoms with E-state index in [0.717, 1.165) is 29.2 Å². The van der Waals surface area contributed by atoms with Crippen LogP contribution in [0.15, 0.2) is 41.3 Å². The third kappa shape index (κ3) is 5.71. The first-order chi connectivity index (χ1) is 18.3. The SMILES string of the molecule is CC(F)(F)CC[C@@H]1CN(c2ccc(F)cc2)c2cc(C(F)(F)F)c(OCC3(CO)CC3(F)F)cc2S(=O)(=O)[C@@H]1F. The van der Waals surface area contributed by atoms with E-state index in [4.69, 9.17) is 4.74 Å². The van der Waals surface area contributed by atoms with Gasteiger partial charge in [-0.1, -0.05) is 0 Å². The molecule has 0 aromatic heterocycles. The van der Waals surface area contributed by atoms with E-state index in [1.807, 2.05) is 0 Å². The van der Waals surface area contributed by atoms with Crippen molar-refractivity contribution in [1.29, 1.82) is 0 Å². The Labute approximate surface area is 223 Å². The zero-order valence-corrected chi connectivity index (χ0v) is 21.6. The molecule has 1 aliphatic carbocycles. The van der Waals surface area contributed by atoms with Gasteiger partial charge in [-0.05, 0) is 43.7 Å². The highest BCUT2D eigenvalue weighted by Gasteiger charge is 2.71. The van der Waals surface area contributed by atoms with Gasteiger partial charge >= 0.3 is 6.18 Å². The van der Waals surface area contributed by atoms with Crippen molar-refractivity contribution in [2.24, 2.45) is 11.3 Å². The number of rotatable bonds is 8. The van der Waals surface area contributed by atoms with Gasteiger partial charge in [-0.2, -0.15) is 13.2 Å². The molecule has 40 heavy (non-hydrogen) atoms. The minimum Gasteiger partial charge on any atom is -0.492 e. The van der Waals surface area contributed by atoms with Gasteiger partial charge in [0.05, 0.1) is 28.2 Å². The van der Waals surface area contributed by atoms with E-state index in [0.29, 0.717) is 19.1 Å². The van der Waals surface area contributed by atoms with Gasteiger partial charge in [-0.15, -0.1) is 0 Å². The van der Waals surface area contributed by atoms with E-state index in [2.05, 4.69) is 0 Å². The predicted octanol–water partition coefficient (Wildman–Crippen LogP) is 6.51. The summed E-state index contributed by atoms with van der Waals surface area (Å²) in [5.41, 5.74) is -7.34. The van der Waals surface area contributed by atoms with Gasteiger partial charge in [-0.3, -0.25) is 0 Å². The Balaban J connectivity index is 1.88. The summed E-state index contributed by atoms with van der Waals surface area (Å²) >= 11 is 0. The lowest BCUT2D eigenvalue weighted by atomic mass is 10.00. The van der Waals surface area contributed by atoms with E-state index in [-0.39, 0.29) is 5.69 Å².